The van der Waals surface area contributed by atoms with E-state index in [1.807, 2.05) is 18.2 Å². The topological polar surface area (TPSA) is 0 Å². The first-order valence-electron chi connectivity index (χ1n) is 18.7. The Morgan fingerprint density at radius 1 is 0.314 bits per heavy atom. The molecule has 0 spiro atoms. The summed E-state index contributed by atoms with van der Waals surface area (Å²) in [6, 6.07) is 12.3. The highest BCUT2D eigenvalue weighted by atomic mass is 19.4. The SMILES string of the molecule is CCCCc1cc2c3cc(CCCC)c(CCCC(F)(F)F)cc3c3cc(CCCC(F)(F)F)c(CCCC)cc3c2cc1CCCC(F)(F)F. The van der Waals surface area contributed by atoms with Crippen LogP contribution >= 0.6 is 0 Å². The van der Waals surface area contributed by atoms with E-state index in [2.05, 4.69) is 39.0 Å². The Hall–Kier alpha value is -2.97. The van der Waals surface area contributed by atoms with Crippen LogP contribution in [0.2, 0.25) is 0 Å². The molecule has 0 saturated heterocycles. The van der Waals surface area contributed by atoms with Gasteiger partial charge >= 0.3 is 18.5 Å². The summed E-state index contributed by atoms with van der Waals surface area (Å²) < 4.78 is 119. The van der Waals surface area contributed by atoms with Crippen LogP contribution in [0.5, 0.6) is 0 Å². The molecular weight excluding hydrogens is 675 g/mol. The standard InChI is InChI=1S/C42H51F9/c1-4-7-13-28-22-34-35-23-29(14-8-5-2)32(17-11-20-41(46,47)48)26-38(35)39-27-33(18-12-21-42(49,50)51)30(15-9-6-3)24-36(39)37(34)25-31(28)16-10-19-40(43,44)45/h22-27H,4-21H2,1-3H3. The van der Waals surface area contributed by atoms with Crippen LogP contribution in [0, 0.1) is 0 Å². The van der Waals surface area contributed by atoms with Gasteiger partial charge in [0.2, 0.25) is 0 Å². The van der Waals surface area contributed by atoms with E-state index in [-0.39, 0.29) is 38.5 Å². The molecule has 4 aromatic rings. The third-order valence-electron chi connectivity index (χ3n) is 10.0. The molecule has 4 aromatic carbocycles. The average Bonchev–Trinajstić information content (AvgIpc) is 3.04. The van der Waals surface area contributed by atoms with Gasteiger partial charge in [0.05, 0.1) is 0 Å². The molecule has 0 saturated carbocycles. The number of alkyl halides is 9. The maximum absolute atomic E-state index is 13.2. The summed E-state index contributed by atoms with van der Waals surface area (Å²) in [6.07, 6.45) is -7.48. The molecule has 0 amide bonds. The summed E-state index contributed by atoms with van der Waals surface area (Å²) in [5.41, 5.74) is 5.52. The molecule has 0 aliphatic rings. The molecular formula is C42H51F9. The van der Waals surface area contributed by atoms with Gasteiger partial charge in [0.15, 0.2) is 0 Å². The van der Waals surface area contributed by atoms with Crippen molar-refractivity contribution in [3.63, 3.8) is 0 Å². The molecule has 0 aliphatic heterocycles. The summed E-state index contributed by atoms with van der Waals surface area (Å²) in [6.45, 7) is 6.18. The van der Waals surface area contributed by atoms with Crippen molar-refractivity contribution < 1.29 is 39.5 Å². The zero-order valence-corrected chi connectivity index (χ0v) is 30.1. The van der Waals surface area contributed by atoms with Crippen molar-refractivity contribution in [2.24, 2.45) is 0 Å². The number of hydrogen-bond acceptors (Lipinski definition) is 0. The summed E-state index contributed by atoms with van der Waals surface area (Å²) in [5, 5.41) is 5.32. The van der Waals surface area contributed by atoms with Crippen LogP contribution in [0.25, 0.3) is 32.3 Å². The zero-order chi connectivity index (χ0) is 37.4. The molecule has 9 heteroatoms. The molecule has 0 fully saturated rings. The molecule has 0 atom stereocenters. The van der Waals surface area contributed by atoms with Crippen LogP contribution in [0.15, 0.2) is 36.4 Å². The fourth-order valence-electron chi connectivity index (χ4n) is 7.34. The minimum Gasteiger partial charge on any atom is -0.171 e. The van der Waals surface area contributed by atoms with Gasteiger partial charge in [0.25, 0.3) is 0 Å². The minimum atomic E-state index is -4.28. The smallest absolute Gasteiger partial charge is 0.171 e. The molecule has 0 nitrogen and oxygen atoms in total. The quantitative estimate of drug-likeness (QED) is 0.0707. The normalized spacial score (nSPS) is 12.9. The molecule has 282 valence electrons. The third-order valence-corrected chi connectivity index (χ3v) is 10.0. The van der Waals surface area contributed by atoms with Crippen LogP contribution in [0.4, 0.5) is 39.5 Å². The van der Waals surface area contributed by atoms with Crippen LogP contribution < -0.4 is 0 Å². The Morgan fingerprint density at radius 3 is 0.647 bits per heavy atom. The average molecular weight is 727 g/mol. The number of rotatable bonds is 18. The number of unbranched alkanes of at least 4 members (excludes halogenated alkanes) is 3. The van der Waals surface area contributed by atoms with Gasteiger partial charge < -0.3 is 0 Å². The van der Waals surface area contributed by atoms with Crippen molar-refractivity contribution in [3.05, 3.63) is 69.8 Å². The fourth-order valence-corrected chi connectivity index (χ4v) is 7.34. The molecule has 0 bridgehead atoms. The van der Waals surface area contributed by atoms with Crippen molar-refractivity contribution in [1.29, 1.82) is 0 Å². The molecule has 0 N–H and O–H groups in total. The lowest BCUT2D eigenvalue weighted by Gasteiger charge is -2.21. The van der Waals surface area contributed by atoms with Gasteiger partial charge in [-0.1, -0.05) is 76.4 Å². The van der Waals surface area contributed by atoms with E-state index in [1.54, 1.807) is 0 Å². The molecule has 0 aliphatic carbocycles. The van der Waals surface area contributed by atoms with Gasteiger partial charge in [0.1, 0.15) is 0 Å². The van der Waals surface area contributed by atoms with E-state index >= 15 is 0 Å². The Balaban J connectivity index is 2.05. The first-order chi connectivity index (χ1) is 24.0. The van der Waals surface area contributed by atoms with Gasteiger partial charge in [-0.15, -0.1) is 0 Å². The lowest BCUT2D eigenvalue weighted by molar-refractivity contribution is -0.136. The van der Waals surface area contributed by atoms with Crippen molar-refractivity contribution in [2.75, 3.05) is 0 Å². The summed E-state index contributed by atoms with van der Waals surface area (Å²) in [5.74, 6) is 0. The molecule has 0 unspecified atom stereocenters. The van der Waals surface area contributed by atoms with Crippen LogP contribution in [-0.2, 0) is 38.5 Å². The van der Waals surface area contributed by atoms with Crippen LogP contribution in [-0.4, -0.2) is 18.5 Å². The predicted octanol–water partition coefficient (Wildman–Crippen LogP) is 14.8. The second-order valence-electron chi connectivity index (χ2n) is 14.2. The third kappa shape index (κ3) is 11.8. The maximum Gasteiger partial charge on any atom is 0.389 e. The second-order valence-corrected chi connectivity index (χ2v) is 14.2. The number of halogens is 9. The van der Waals surface area contributed by atoms with E-state index in [4.69, 9.17) is 0 Å². The number of fused-ring (bicyclic) bond motifs is 6. The van der Waals surface area contributed by atoms with Crippen molar-refractivity contribution in [2.45, 2.75) is 155 Å². The van der Waals surface area contributed by atoms with E-state index in [9.17, 15) is 39.5 Å². The Labute approximate surface area is 296 Å². The van der Waals surface area contributed by atoms with E-state index < -0.39 is 37.8 Å². The van der Waals surface area contributed by atoms with Crippen molar-refractivity contribution in [3.8, 4) is 0 Å². The summed E-state index contributed by atoms with van der Waals surface area (Å²) in [7, 11) is 0. The van der Waals surface area contributed by atoms with Gasteiger partial charge in [-0.2, -0.15) is 39.5 Å². The Bertz CT molecular complexity index is 1740. The van der Waals surface area contributed by atoms with Crippen molar-refractivity contribution in [1.82, 2.24) is 0 Å². The van der Waals surface area contributed by atoms with Gasteiger partial charge in [-0.25, -0.2) is 0 Å². The molecule has 0 aromatic heterocycles. The lowest BCUT2D eigenvalue weighted by Crippen LogP contribution is -2.08. The monoisotopic (exact) mass is 726 g/mol. The molecule has 0 heterocycles. The lowest BCUT2D eigenvalue weighted by atomic mass is 9.84. The van der Waals surface area contributed by atoms with E-state index in [0.717, 1.165) is 104 Å². The predicted molar refractivity (Wildman–Crippen MR) is 192 cm³/mol. The minimum absolute atomic E-state index is 0.0345. The first kappa shape index (κ1) is 40.8. The van der Waals surface area contributed by atoms with Gasteiger partial charge in [0, 0.05) is 19.3 Å². The fraction of sp³-hybridized carbons (Fsp3) is 0.571. The number of aryl methyl sites for hydroxylation is 6. The summed E-state index contributed by atoms with van der Waals surface area (Å²) in [4.78, 5) is 0. The maximum atomic E-state index is 13.2. The Morgan fingerprint density at radius 2 is 0.490 bits per heavy atom. The molecule has 51 heavy (non-hydrogen) atoms. The van der Waals surface area contributed by atoms with Crippen LogP contribution in [0.1, 0.15) is 131 Å². The number of benzene rings is 4. The molecule has 4 rings (SSSR count). The van der Waals surface area contributed by atoms with Crippen molar-refractivity contribution >= 4 is 32.3 Å². The molecule has 0 radical (unpaired) electrons. The zero-order valence-electron chi connectivity index (χ0n) is 30.1. The van der Waals surface area contributed by atoms with Gasteiger partial charge in [-0.05, 0) is 143 Å². The highest BCUT2D eigenvalue weighted by molar-refractivity contribution is 6.26. The largest absolute Gasteiger partial charge is 0.389 e. The van der Waals surface area contributed by atoms with E-state index in [0.29, 0.717) is 19.3 Å². The van der Waals surface area contributed by atoms with Crippen LogP contribution in [0.3, 0.4) is 0 Å². The highest BCUT2D eigenvalue weighted by Crippen LogP contribution is 2.41. The Kier molecular flexibility index (Phi) is 14.2. The summed E-state index contributed by atoms with van der Waals surface area (Å²) >= 11 is 0. The number of hydrogen-bond donors (Lipinski definition) is 0. The van der Waals surface area contributed by atoms with Gasteiger partial charge in [-0.3, -0.25) is 0 Å². The second kappa shape index (κ2) is 17.7. The first-order valence-corrected chi connectivity index (χ1v) is 18.7. The highest BCUT2D eigenvalue weighted by Gasteiger charge is 2.28. The van der Waals surface area contributed by atoms with E-state index in [1.165, 1.54) is 0 Å².